The molecule has 0 heterocycles. The first-order valence-electron chi connectivity index (χ1n) is 5.87. The van der Waals surface area contributed by atoms with E-state index in [0.717, 1.165) is 26.0 Å². The summed E-state index contributed by atoms with van der Waals surface area (Å²) in [5.74, 6) is 0. The maximum absolute atomic E-state index is 5.78. The molecular weight excluding hydrogens is 186 g/mol. The number of hydrogen-bond donors (Lipinski definition) is 1. The summed E-state index contributed by atoms with van der Waals surface area (Å²) in [6, 6.07) is 0.450. The Labute approximate surface area is 95.1 Å². The van der Waals surface area contributed by atoms with Crippen LogP contribution in [0.5, 0.6) is 0 Å². The number of allylic oxidation sites excluding steroid dienone is 1. The van der Waals surface area contributed by atoms with E-state index in [1.807, 2.05) is 0 Å². The summed E-state index contributed by atoms with van der Waals surface area (Å²) in [7, 11) is 0. The second-order valence-electron chi connectivity index (χ2n) is 5.17. The van der Waals surface area contributed by atoms with Gasteiger partial charge in [-0.2, -0.15) is 0 Å². The Hall–Kier alpha value is -0.340. The molecule has 1 atom stereocenters. The van der Waals surface area contributed by atoms with Gasteiger partial charge in [0.2, 0.25) is 0 Å². The highest BCUT2D eigenvalue weighted by Crippen LogP contribution is 2.10. The summed E-state index contributed by atoms with van der Waals surface area (Å²) in [4.78, 5) is 0. The molecular formula is C13H27NO. The minimum Gasteiger partial charge on any atom is -0.374 e. The molecule has 0 aromatic rings. The molecule has 0 aromatic heterocycles. The third kappa shape index (κ3) is 9.95. The lowest BCUT2D eigenvalue weighted by atomic mass is 10.1. The summed E-state index contributed by atoms with van der Waals surface area (Å²) in [5.41, 5.74) is 1.20. The Morgan fingerprint density at radius 3 is 2.40 bits per heavy atom. The summed E-state index contributed by atoms with van der Waals surface area (Å²) in [6.07, 6.45) is 2.18. The summed E-state index contributed by atoms with van der Waals surface area (Å²) >= 11 is 0. The van der Waals surface area contributed by atoms with Crippen LogP contribution in [0.1, 0.15) is 47.5 Å². The van der Waals surface area contributed by atoms with Crippen molar-refractivity contribution in [1.29, 1.82) is 0 Å². The second-order valence-corrected chi connectivity index (χ2v) is 5.17. The fraction of sp³-hybridized carbons (Fsp3) is 0.846. The predicted octanol–water partition coefficient (Wildman–Crippen LogP) is 3.14. The Balaban J connectivity index is 3.87. The molecule has 0 radical (unpaired) electrons. The fourth-order valence-electron chi connectivity index (χ4n) is 1.30. The molecule has 2 nitrogen and oxygen atoms in total. The van der Waals surface area contributed by atoms with Crippen molar-refractivity contribution in [2.45, 2.75) is 59.1 Å². The average molecular weight is 213 g/mol. The lowest BCUT2D eigenvalue weighted by molar-refractivity contribution is -0.0151. The minimum atomic E-state index is -0.0447. The molecule has 15 heavy (non-hydrogen) atoms. The molecule has 2 heteroatoms. The zero-order valence-electron chi connectivity index (χ0n) is 11.0. The van der Waals surface area contributed by atoms with E-state index in [0.29, 0.717) is 6.04 Å². The molecule has 0 rings (SSSR count). The molecule has 1 N–H and O–H groups in total. The average Bonchev–Trinajstić information content (AvgIpc) is 2.08. The Morgan fingerprint density at radius 1 is 1.40 bits per heavy atom. The topological polar surface area (TPSA) is 21.3 Å². The van der Waals surface area contributed by atoms with Crippen LogP contribution in [0, 0.1) is 0 Å². The molecule has 0 aliphatic rings. The van der Waals surface area contributed by atoms with E-state index >= 15 is 0 Å². The molecule has 0 saturated carbocycles. The van der Waals surface area contributed by atoms with Gasteiger partial charge in [0.05, 0.1) is 12.2 Å². The van der Waals surface area contributed by atoms with Gasteiger partial charge in [0.1, 0.15) is 0 Å². The van der Waals surface area contributed by atoms with Crippen LogP contribution in [-0.2, 0) is 4.74 Å². The number of likely N-dealkylation sites (N-methyl/N-ethyl adjacent to an activating group) is 1. The summed E-state index contributed by atoms with van der Waals surface area (Å²) in [6.45, 7) is 16.2. The van der Waals surface area contributed by atoms with Crippen molar-refractivity contribution < 1.29 is 4.74 Å². The standard InChI is InChI=1S/C13H27NO/c1-7-14-12(9-8-11(2)3)10-15-13(4,5)6/h12,14H,2,7-10H2,1,3-6H3. The monoisotopic (exact) mass is 213 g/mol. The molecule has 0 bridgehead atoms. The quantitative estimate of drug-likeness (QED) is 0.656. The van der Waals surface area contributed by atoms with E-state index in [-0.39, 0.29) is 5.60 Å². The Morgan fingerprint density at radius 2 is 2.00 bits per heavy atom. The van der Waals surface area contributed by atoms with Crippen LogP contribution < -0.4 is 5.32 Å². The van der Waals surface area contributed by atoms with Gasteiger partial charge in [0, 0.05) is 6.04 Å². The molecule has 0 spiro atoms. The molecule has 0 aliphatic heterocycles. The molecule has 0 aliphatic carbocycles. The maximum atomic E-state index is 5.78. The van der Waals surface area contributed by atoms with Gasteiger partial charge in [-0.25, -0.2) is 0 Å². The van der Waals surface area contributed by atoms with Crippen molar-refractivity contribution in [1.82, 2.24) is 5.32 Å². The van der Waals surface area contributed by atoms with E-state index in [4.69, 9.17) is 4.74 Å². The molecule has 0 amide bonds. The summed E-state index contributed by atoms with van der Waals surface area (Å²) < 4.78 is 5.78. The highest BCUT2D eigenvalue weighted by molar-refractivity contribution is 4.89. The SMILES string of the molecule is C=C(C)CCC(COC(C)(C)C)NCC. The van der Waals surface area contributed by atoms with E-state index in [2.05, 4.69) is 46.5 Å². The lowest BCUT2D eigenvalue weighted by Gasteiger charge is -2.25. The number of nitrogens with one attached hydrogen (secondary N) is 1. The minimum absolute atomic E-state index is 0.0447. The first-order valence-corrected chi connectivity index (χ1v) is 5.87. The van der Waals surface area contributed by atoms with Crippen molar-refractivity contribution in [2.24, 2.45) is 0 Å². The van der Waals surface area contributed by atoms with Gasteiger partial charge in [-0.15, -0.1) is 6.58 Å². The van der Waals surface area contributed by atoms with Gasteiger partial charge in [0.15, 0.2) is 0 Å². The van der Waals surface area contributed by atoms with Crippen LogP contribution in [0.4, 0.5) is 0 Å². The van der Waals surface area contributed by atoms with Crippen molar-refractivity contribution in [3.05, 3.63) is 12.2 Å². The molecule has 0 saturated heterocycles. The van der Waals surface area contributed by atoms with Crippen LogP contribution in [-0.4, -0.2) is 24.8 Å². The van der Waals surface area contributed by atoms with Crippen LogP contribution in [0.15, 0.2) is 12.2 Å². The lowest BCUT2D eigenvalue weighted by Crippen LogP contribution is -2.36. The highest BCUT2D eigenvalue weighted by atomic mass is 16.5. The normalized spacial score (nSPS) is 13.9. The zero-order chi connectivity index (χ0) is 11.9. The first kappa shape index (κ1) is 14.7. The van der Waals surface area contributed by atoms with Crippen molar-refractivity contribution >= 4 is 0 Å². The van der Waals surface area contributed by atoms with E-state index in [1.54, 1.807) is 0 Å². The van der Waals surface area contributed by atoms with Gasteiger partial charge in [-0.3, -0.25) is 0 Å². The maximum Gasteiger partial charge on any atom is 0.0626 e. The van der Waals surface area contributed by atoms with Crippen LogP contribution in [0.3, 0.4) is 0 Å². The van der Waals surface area contributed by atoms with E-state index in [9.17, 15) is 0 Å². The van der Waals surface area contributed by atoms with Crippen LogP contribution in [0.25, 0.3) is 0 Å². The van der Waals surface area contributed by atoms with Gasteiger partial charge >= 0.3 is 0 Å². The number of ether oxygens (including phenoxy) is 1. The van der Waals surface area contributed by atoms with Gasteiger partial charge in [0.25, 0.3) is 0 Å². The van der Waals surface area contributed by atoms with E-state index in [1.165, 1.54) is 5.57 Å². The van der Waals surface area contributed by atoms with Crippen LogP contribution >= 0.6 is 0 Å². The van der Waals surface area contributed by atoms with Crippen molar-refractivity contribution in [2.75, 3.05) is 13.2 Å². The molecule has 0 aromatic carbocycles. The number of hydrogen-bond acceptors (Lipinski definition) is 2. The molecule has 1 unspecified atom stereocenters. The zero-order valence-corrected chi connectivity index (χ0v) is 11.0. The summed E-state index contributed by atoms with van der Waals surface area (Å²) in [5, 5.41) is 3.44. The van der Waals surface area contributed by atoms with Crippen LogP contribution in [0.2, 0.25) is 0 Å². The molecule has 90 valence electrons. The third-order valence-electron chi connectivity index (χ3n) is 2.13. The predicted molar refractivity (Wildman–Crippen MR) is 67.2 cm³/mol. The Bertz CT molecular complexity index is 181. The van der Waals surface area contributed by atoms with E-state index < -0.39 is 0 Å². The Kier molecular flexibility index (Phi) is 6.86. The first-order chi connectivity index (χ1) is 6.85. The second kappa shape index (κ2) is 7.02. The fourth-order valence-corrected chi connectivity index (χ4v) is 1.30. The largest absolute Gasteiger partial charge is 0.374 e. The van der Waals surface area contributed by atoms with Gasteiger partial charge in [-0.1, -0.05) is 12.5 Å². The third-order valence-corrected chi connectivity index (χ3v) is 2.13. The molecule has 0 fully saturated rings. The smallest absolute Gasteiger partial charge is 0.0626 e. The number of rotatable bonds is 7. The van der Waals surface area contributed by atoms with Crippen molar-refractivity contribution in [3.8, 4) is 0 Å². The van der Waals surface area contributed by atoms with Gasteiger partial charge < -0.3 is 10.1 Å². The highest BCUT2D eigenvalue weighted by Gasteiger charge is 2.14. The van der Waals surface area contributed by atoms with Gasteiger partial charge in [-0.05, 0) is 47.1 Å². The van der Waals surface area contributed by atoms with Crippen molar-refractivity contribution in [3.63, 3.8) is 0 Å².